The van der Waals surface area contributed by atoms with Gasteiger partial charge in [-0.3, -0.25) is 0 Å². The molecule has 1 aliphatic rings. The van der Waals surface area contributed by atoms with Gasteiger partial charge in [0.2, 0.25) is 0 Å². The lowest BCUT2D eigenvalue weighted by molar-refractivity contribution is -0.143. The molecule has 0 aromatic carbocycles. The number of ether oxygens (including phenoxy) is 2. The third kappa shape index (κ3) is 11.7. The summed E-state index contributed by atoms with van der Waals surface area (Å²) in [6, 6.07) is 0. The molecular weight excluding hydrogens is 408 g/mol. The molecule has 4 atom stereocenters. The normalized spacial score (nSPS) is 18.4. The molecule has 32 heavy (non-hydrogen) atoms. The van der Waals surface area contributed by atoms with Crippen LogP contribution in [0.25, 0.3) is 0 Å². The van der Waals surface area contributed by atoms with Crippen LogP contribution < -0.4 is 0 Å². The first kappa shape index (κ1) is 25.8. The van der Waals surface area contributed by atoms with Crippen molar-refractivity contribution in [3.63, 3.8) is 0 Å². The van der Waals surface area contributed by atoms with Crippen molar-refractivity contribution in [2.75, 3.05) is 19.8 Å². The maximum Gasteiger partial charge on any atom is 0.385 e. The summed E-state index contributed by atoms with van der Waals surface area (Å²) in [5.74, 6) is 37.2. The van der Waals surface area contributed by atoms with Crippen LogP contribution in [-0.2, 0) is 14.3 Å². The van der Waals surface area contributed by atoms with E-state index in [9.17, 15) is 20.1 Å². The van der Waals surface area contributed by atoms with Crippen molar-refractivity contribution < 1.29 is 29.6 Å². The minimum Gasteiger partial charge on any atom is -0.453 e. The standard InChI is InChI=1S/C26H18O6/c1-2-3-4-5-6-7-8-9-10-11-12-13-14-15-16-17-25(29)32-21-24(28)22-20-31-19-18-23(27)26(22)30/h22-24,26-28,30H,18-21H2,1H3. The molecule has 1 rings (SSSR count). The summed E-state index contributed by atoms with van der Waals surface area (Å²) in [6.45, 7) is 1.58. The third-order valence-electron chi connectivity index (χ3n) is 3.68. The molecule has 0 aromatic rings. The molecule has 4 unspecified atom stereocenters. The Morgan fingerprint density at radius 2 is 1.41 bits per heavy atom. The second-order valence-corrected chi connectivity index (χ2v) is 5.88. The monoisotopic (exact) mass is 426 g/mol. The fourth-order valence-corrected chi connectivity index (χ4v) is 2.16. The number of rotatable bonds is 3. The zero-order valence-electron chi connectivity index (χ0n) is 17.2. The minimum atomic E-state index is -1.21. The number of carbonyl (C=O) groups is 1. The van der Waals surface area contributed by atoms with Gasteiger partial charge >= 0.3 is 5.97 Å². The molecule has 1 saturated heterocycles. The number of carbonyl (C=O) groups excluding carboxylic acids is 1. The van der Waals surface area contributed by atoms with Gasteiger partial charge in [0.15, 0.2) is 0 Å². The van der Waals surface area contributed by atoms with Crippen LogP contribution in [0.15, 0.2) is 0 Å². The quantitative estimate of drug-likeness (QED) is 0.295. The van der Waals surface area contributed by atoms with Gasteiger partial charge < -0.3 is 24.8 Å². The van der Waals surface area contributed by atoms with Gasteiger partial charge in [-0.05, 0) is 96.2 Å². The lowest BCUT2D eigenvalue weighted by atomic mass is 9.93. The zero-order chi connectivity index (χ0) is 23.4. The van der Waals surface area contributed by atoms with Gasteiger partial charge in [0.05, 0.1) is 24.9 Å². The molecule has 1 fully saturated rings. The van der Waals surface area contributed by atoms with E-state index in [4.69, 9.17) is 9.47 Å². The highest BCUT2D eigenvalue weighted by Gasteiger charge is 2.34. The van der Waals surface area contributed by atoms with Crippen LogP contribution in [0.3, 0.4) is 0 Å². The SMILES string of the molecule is CC#CC#CC#CC#CC#CC#CC#CC#CC(=O)OCC(O)C1COCCC(O)C1O. The van der Waals surface area contributed by atoms with Crippen molar-refractivity contribution >= 4 is 5.97 Å². The molecular formula is C26H18O6. The smallest absolute Gasteiger partial charge is 0.385 e. The topological polar surface area (TPSA) is 96.2 Å². The van der Waals surface area contributed by atoms with Crippen molar-refractivity contribution in [2.24, 2.45) is 5.92 Å². The lowest BCUT2D eigenvalue weighted by Gasteiger charge is -2.26. The summed E-state index contributed by atoms with van der Waals surface area (Å²) in [5.41, 5.74) is 0. The van der Waals surface area contributed by atoms with Crippen LogP contribution >= 0.6 is 0 Å². The van der Waals surface area contributed by atoms with E-state index in [1.54, 1.807) is 6.92 Å². The van der Waals surface area contributed by atoms with E-state index in [0.29, 0.717) is 0 Å². The number of hydrogen-bond acceptors (Lipinski definition) is 6. The molecule has 0 bridgehead atoms. The predicted octanol–water partition coefficient (Wildman–Crippen LogP) is -1.30. The molecule has 0 aliphatic carbocycles. The highest BCUT2D eigenvalue weighted by Crippen LogP contribution is 2.19. The highest BCUT2D eigenvalue weighted by atomic mass is 16.5. The van der Waals surface area contributed by atoms with Gasteiger partial charge in [-0.25, -0.2) is 4.79 Å². The van der Waals surface area contributed by atoms with E-state index in [-0.39, 0.29) is 19.6 Å². The van der Waals surface area contributed by atoms with E-state index in [0.717, 1.165) is 0 Å². The van der Waals surface area contributed by atoms with E-state index in [2.05, 4.69) is 94.7 Å². The fourth-order valence-electron chi connectivity index (χ4n) is 2.16. The average Bonchev–Trinajstić information content (AvgIpc) is 2.95. The Kier molecular flexibility index (Phi) is 13.4. The number of aliphatic hydroxyl groups excluding tert-OH is 3. The Labute approximate surface area is 188 Å². The summed E-state index contributed by atoms with van der Waals surface area (Å²) in [6.07, 6.45) is -3.14. The van der Waals surface area contributed by atoms with Gasteiger partial charge in [0.25, 0.3) is 0 Å². The largest absolute Gasteiger partial charge is 0.453 e. The molecule has 1 heterocycles. The molecule has 6 heteroatoms. The van der Waals surface area contributed by atoms with Gasteiger partial charge in [-0.15, -0.1) is 0 Å². The molecule has 0 spiro atoms. The Morgan fingerprint density at radius 3 is 1.94 bits per heavy atom. The molecule has 3 N–H and O–H groups in total. The Bertz CT molecular complexity index is 1170. The minimum absolute atomic E-state index is 0.0397. The first-order valence-corrected chi connectivity index (χ1v) is 9.27. The molecule has 0 amide bonds. The van der Waals surface area contributed by atoms with Gasteiger partial charge in [0, 0.05) is 18.4 Å². The molecule has 0 radical (unpaired) electrons. The average molecular weight is 426 g/mol. The number of aliphatic hydroxyl groups is 3. The van der Waals surface area contributed by atoms with E-state index >= 15 is 0 Å². The van der Waals surface area contributed by atoms with E-state index in [1.807, 2.05) is 0 Å². The number of esters is 1. The van der Waals surface area contributed by atoms with Crippen LogP contribution in [0.1, 0.15) is 13.3 Å². The molecule has 1 aliphatic heterocycles. The zero-order valence-corrected chi connectivity index (χ0v) is 17.2. The molecule has 158 valence electrons. The van der Waals surface area contributed by atoms with Crippen molar-refractivity contribution in [1.82, 2.24) is 0 Å². The van der Waals surface area contributed by atoms with Gasteiger partial charge in [0.1, 0.15) is 6.61 Å². The van der Waals surface area contributed by atoms with Crippen LogP contribution in [0.5, 0.6) is 0 Å². The second kappa shape index (κ2) is 16.6. The Balaban J connectivity index is 2.42. The van der Waals surface area contributed by atoms with Crippen molar-refractivity contribution in [3.05, 3.63) is 0 Å². The van der Waals surface area contributed by atoms with Gasteiger partial charge in [-0.1, -0.05) is 5.92 Å². The molecule has 6 nitrogen and oxygen atoms in total. The Morgan fingerprint density at radius 1 is 0.906 bits per heavy atom. The third-order valence-corrected chi connectivity index (χ3v) is 3.68. The van der Waals surface area contributed by atoms with Crippen LogP contribution in [0.2, 0.25) is 0 Å². The Hall–Kier alpha value is -4.21. The van der Waals surface area contributed by atoms with Crippen molar-refractivity contribution in [2.45, 2.75) is 31.7 Å². The van der Waals surface area contributed by atoms with Crippen molar-refractivity contribution in [3.8, 4) is 94.7 Å². The summed E-state index contributed by atoms with van der Waals surface area (Å²) >= 11 is 0. The number of hydrogen-bond donors (Lipinski definition) is 3. The fraction of sp³-hybridized carbons (Fsp3) is 0.346. The highest BCUT2D eigenvalue weighted by molar-refractivity contribution is 5.89. The summed E-state index contributed by atoms with van der Waals surface area (Å²) in [4.78, 5) is 11.6. The van der Waals surface area contributed by atoms with Crippen molar-refractivity contribution in [1.29, 1.82) is 0 Å². The maximum absolute atomic E-state index is 11.6. The van der Waals surface area contributed by atoms with Crippen LogP contribution in [0, 0.1) is 101 Å². The summed E-state index contributed by atoms with van der Waals surface area (Å²) < 4.78 is 10.0. The van der Waals surface area contributed by atoms with E-state index < -0.39 is 36.8 Å². The van der Waals surface area contributed by atoms with Crippen LogP contribution in [-0.4, -0.2) is 59.4 Å². The maximum atomic E-state index is 11.6. The predicted molar refractivity (Wildman–Crippen MR) is 116 cm³/mol. The van der Waals surface area contributed by atoms with E-state index in [1.165, 1.54) is 0 Å². The molecule has 0 aromatic heterocycles. The van der Waals surface area contributed by atoms with Crippen LogP contribution in [0.4, 0.5) is 0 Å². The first-order chi connectivity index (χ1) is 15.6. The second-order valence-electron chi connectivity index (χ2n) is 5.88. The first-order valence-electron chi connectivity index (χ1n) is 9.27. The lowest BCUT2D eigenvalue weighted by Crippen LogP contribution is -2.42. The summed E-state index contributed by atoms with van der Waals surface area (Å²) in [7, 11) is 0. The van der Waals surface area contributed by atoms with Gasteiger partial charge in [-0.2, -0.15) is 0 Å². The molecule has 0 saturated carbocycles. The summed E-state index contributed by atoms with van der Waals surface area (Å²) in [5, 5.41) is 29.8.